The smallest absolute Gasteiger partial charge is 0.317 e. The second-order valence-electron chi connectivity index (χ2n) is 4.75. The van der Waals surface area contributed by atoms with Crippen molar-refractivity contribution < 1.29 is 4.79 Å². The molecule has 0 fully saturated rings. The fourth-order valence-electron chi connectivity index (χ4n) is 1.69. The molecule has 0 unspecified atom stereocenters. The van der Waals surface area contributed by atoms with Gasteiger partial charge in [-0.2, -0.15) is 0 Å². The van der Waals surface area contributed by atoms with Crippen LogP contribution in [-0.4, -0.2) is 55.6 Å². The molecule has 0 radical (unpaired) electrons. The number of hydrogen-bond acceptors (Lipinski definition) is 2. The zero-order chi connectivity index (χ0) is 13.3. The van der Waals surface area contributed by atoms with Gasteiger partial charge in [0.2, 0.25) is 0 Å². The predicted molar refractivity (Wildman–Crippen MR) is 73.3 cm³/mol. The van der Waals surface area contributed by atoms with Gasteiger partial charge in [0, 0.05) is 26.7 Å². The Bertz CT molecular complexity index is 207. The molecule has 0 saturated heterocycles. The zero-order valence-electron chi connectivity index (χ0n) is 12.1. The van der Waals surface area contributed by atoms with Crippen LogP contribution in [0.2, 0.25) is 0 Å². The summed E-state index contributed by atoms with van der Waals surface area (Å²) in [6.45, 7) is 13.4. The standard InChI is InChI=1S/C13H29N3O/c1-6-15(9-8-12(3)4)10-11-16(7-2)13(17)14-5/h12H,6-11H2,1-5H3,(H,14,17). The van der Waals surface area contributed by atoms with Crippen molar-refractivity contribution >= 4 is 6.03 Å². The molecule has 2 amide bonds. The maximum absolute atomic E-state index is 11.5. The molecule has 0 rings (SSSR count). The Morgan fingerprint density at radius 2 is 1.76 bits per heavy atom. The number of likely N-dealkylation sites (N-methyl/N-ethyl adjacent to an activating group) is 2. The minimum Gasteiger partial charge on any atom is -0.341 e. The quantitative estimate of drug-likeness (QED) is 0.708. The maximum atomic E-state index is 11.5. The van der Waals surface area contributed by atoms with E-state index in [1.165, 1.54) is 6.42 Å². The Balaban J connectivity index is 3.98. The molecule has 0 aromatic heterocycles. The van der Waals surface area contributed by atoms with Crippen LogP contribution in [0, 0.1) is 5.92 Å². The predicted octanol–water partition coefficient (Wildman–Crippen LogP) is 2.02. The van der Waals surface area contributed by atoms with E-state index in [-0.39, 0.29) is 6.03 Å². The van der Waals surface area contributed by atoms with Crippen LogP contribution < -0.4 is 5.32 Å². The van der Waals surface area contributed by atoms with Crippen LogP contribution in [0.1, 0.15) is 34.1 Å². The van der Waals surface area contributed by atoms with Crippen LogP contribution in [0.5, 0.6) is 0 Å². The summed E-state index contributed by atoms with van der Waals surface area (Å²) in [6, 6.07) is 0.0208. The number of nitrogens with one attached hydrogen (secondary N) is 1. The van der Waals surface area contributed by atoms with E-state index in [0.717, 1.165) is 38.6 Å². The largest absolute Gasteiger partial charge is 0.341 e. The fraction of sp³-hybridized carbons (Fsp3) is 0.923. The van der Waals surface area contributed by atoms with Crippen molar-refractivity contribution in [3.8, 4) is 0 Å². The molecule has 4 nitrogen and oxygen atoms in total. The second-order valence-corrected chi connectivity index (χ2v) is 4.75. The Morgan fingerprint density at radius 3 is 2.18 bits per heavy atom. The van der Waals surface area contributed by atoms with E-state index in [1.54, 1.807) is 7.05 Å². The highest BCUT2D eigenvalue weighted by atomic mass is 16.2. The third kappa shape index (κ3) is 7.21. The maximum Gasteiger partial charge on any atom is 0.317 e. The van der Waals surface area contributed by atoms with Crippen LogP contribution in [0.25, 0.3) is 0 Å². The number of urea groups is 1. The summed E-state index contributed by atoms with van der Waals surface area (Å²) < 4.78 is 0. The summed E-state index contributed by atoms with van der Waals surface area (Å²) in [5, 5.41) is 2.68. The minimum atomic E-state index is 0.0208. The van der Waals surface area contributed by atoms with Crippen LogP contribution in [0.15, 0.2) is 0 Å². The molecule has 0 aliphatic heterocycles. The molecule has 0 saturated carbocycles. The first kappa shape index (κ1) is 16.2. The highest BCUT2D eigenvalue weighted by molar-refractivity contribution is 5.73. The van der Waals surface area contributed by atoms with Gasteiger partial charge >= 0.3 is 6.03 Å². The van der Waals surface area contributed by atoms with Crippen molar-refractivity contribution in [1.82, 2.24) is 15.1 Å². The van der Waals surface area contributed by atoms with Gasteiger partial charge in [-0.15, -0.1) is 0 Å². The van der Waals surface area contributed by atoms with E-state index < -0.39 is 0 Å². The number of carbonyl (C=O) groups is 1. The van der Waals surface area contributed by atoms with Crippen molar-refractivity contribution in [2.45, 2.75) is 34.1 Å². The molecular formula is C13H29N3O. The molecule has 0 aromatic carbocycles. The van der Waals surface area contributed by atoms with E-state index in [1.807, 2.05) is 11.8 Å². The SMILES string of the molecule is CCN(CCC(C)C)CCN(CC)C(=O)NC. The number of nitrogens with zero attached hydrogens (tertiary/aromatic N) is 2. The highest BCUT2D eigenvalue weighted by Gasteiger charge is 2.11. The monoisotopic (exact) mass is 243 g/mol. The van der Waals surface area contributed by atoms with Crippen molar-refractivity contribution in [3.05, 3.63) is 0 Å². The topological polar surface area (TPSA) is 35.6 Å². The zero-order valence-corrected chi connectivity index (χ0v) is 12.1. The minimum absolute atomic E-state index is 0.0208. The summed E-state index contributed by atoms with van der Waals surface area (Å²) in [4.78, 5) is 15.8. The average Bonchev–Trinajstić information content (AvgIpc) is 2.32. The molecular weight excluding hydrogens is 214 g/mol. The van der Waals surface area contributed by atoms with Gasteiger partial charge in [-0.05, 0) is 32.4 Å². The molecule has 0 spiro atoms. The third-order valence-electron chi connectivity index (χ3n) is 3.04. The van der Waals surface area contributed by atoms with Gasteiger partial charge in [-0.25, -0.2) is 4.79 Å². The van der Waals surface area contributed by atoms with E-state index in [0.29, 0.717) is 0 Å². The van der Waals surface area contributed by atoms with E-state index >= 15 is 0 Å². The Hall–Kier alpha value is -0.770. The summed E-state index contributed by atoms with van der Waals surface area (Å²) in [6.07, 6.45) is 1.22. The highest BCUT2D eigenvalue weighted by Crippen LogP contribution is 2.02. The molecule has 1 N–H and O–H groups in total. The van der Waals surface area contributed by atoms with Gasteiger partial charge in [-0.3, -0.25) is 0 Å². The van der Waals surface area contributed by atoms with Gasteiger partial charge in [-0.1, -0.05) is 20.8 Å². The van der Waals surface area contributed by atoms with Crippen molar-refractivity contribution in [2.75, 3.05) is 39.8 Å². The lowest BCUT2D eigenvalue weighted by atomic mass is 10.1. The Labute approximate surface area is 106 Å². The third-order valence-corrected chi connectivity index (χ3v) is 3.04. The van der Waals surface area contributed by atoms with Crippen molar-refractivity contribution in [3.63, 3.8) is 0 Å². The number of rotatable bonds is 8. The molecule has 0 atom stereocenters. The molecule has 0 aliphatic carbocycles. The summed E-state index contributed by atoms with van der Waals surface area (Å²) in [5.41, 5.74) is 0. The summed E-state index contributed by atoms with van der Waals surface area (Å²) >= 11 is 0. The number of carbonyl (C=O) groups excluding carboxylic acids is 1. The van der Waals surface area contributed by atoms with Gasteiger partial charge < -0.3 is 15.1 Å². The molecule has 4 heteroatoms. The number of amides is 2. The lowest BCUT2D eigenvalue weighted by Gasteiger charge is -2.26. The van der Waals surface area contributed by atoms with Gasteiger partial charge in [0.05, 0.1) is 0 Å². The molecule has 0 bridgehead atoms. The van der Waals surface area contributed by atoms with Crippen LogP contribution in [-0.2, 0) is 0 Å². The first-order valence-electron chi connectivity index (χ1n) is 6.74. The van der Waals surface area contributed by atoms with E-state index in [2.05, 4.69) is 31.0 Å². The first-order valence-corrected chi connectivity index (χ1v) is 6.74. The van der Waals surface area contributed by atoms with E-state index in [4.69, 9.17) is 0 Å². The lowest BCUT2D eigenvalue weighted by Crippen LogP contribution is -2.43. The van der Waals surface area contributed by atoms with Gasteiger partial charge in [0.15, 0.2) is 0 Å². The molecule has 0 heterocycles. The first-order chi connectivity index (χ1) is 8.04. The van der Waals surface area contributed by atoms with Crippen molar-refractivity contribution in [2.24, 2.45) is 5.92 Å². The van der Waals surface area contributed by atoms with E-state index in [9.17, 15) is 4.79 Å². The van der Waals surface area contributed by atoms with Crippen LogP contribution in [0.3, 0.4) is 0 Å². The molecule has 0 aromatic rings. The Morgan fingerprint density at radius 1 is 1.12 bits per heavy atom. The van der Waals surface area contributed by atoms with Crippen LogP contribution in [0.4, 0.5) is 4.79 Å². The Kier molecular flexibility index (Phi) is 8.86. The fourth-order valence-corrected chi connectivity index (χ4v) is 1.69. The molecule has 17 heavy (non-hydrogen) atoms. The molecule has 0 aliphatic rings. The number of hydrogen-bond donors (Lipinski definition) is 1. The van der Waals surface area contributed by atoms with Crippen molar-refractivity contribution in [1.29, 1.82) is 0 Å². The van der Waals surface area contributed by atoms with Crippen LogP contribution >= 0.6 is 0 Å². The molecule has 102 valence electrons. The van der Waals surface area contributed by atoms with Gasteiger partial charge in [0.1, 0.15) is 0 Å². The lowest BCUT2D eigenvalue weighted by molar-refractivity contribution is 0.186. The van der Waals surface area contributed by atoms with Gasteiger partial charge in [0.25, 0.3) is 0 Å². The average molecular weight is 243 g/mol. The summed E-state index contributed by atoms with van der Waals surface area (Å²) in [7, 11) is 1.68. The summed E-state index contributed by atoms with van der Waals surface area (Å²) in [5.74, 6) is 0.741. The second kappa shape index (κ2) is 9.28. The normalized spacial score (nSPS) is 11.0.